The highest BCUT2D eigenvalue weighted by molar-refractivity contribution is 6.74. The molecule has 4 aromatic rings. The molecule has 4 aromatic carbocycles. The second-order valence-corrected chi connectivity index (χ2v) is 19.2. The van der Waals surface area contributed by atoms with Gasteiger partial charge in [-0.15, -0.1) is 0 Å². The van der Waals surface area contributed by atoms with E-state index in [-0.39, 0.29) is 23.0 Å². The standard InChI is InChI=1S/C40H46N2O5Si/c1-39(2,3)48(6,7)47-33-26-40(25-28-13-9-8-10-14-28)38(44)42(35-16-12-11-15-34(35)37(43)41(40)27-33)36(29-17-21-31(45-4)22-18-29)30-19-23-32(46-5)24-20-30/h8-24,33,36H,25-27H2,1-7H3/t33-,40-/m1/s1. The van der Waals surface area contributed by atoms with Crippen molar-refractivity contribution in [1.29, 1.82) is 0 Å². The Morgan fingerprint density at radius 1 is 0.792 bits per heavy atom. The van der Waals surface area contributed by atoms with Gasteiger partial charge in [0.05, 0.1) is 37.6 Å². The third kappa shape index (κ3) is 6.03. The molecule has 0 spiro atoms. The molecular formula is C40H46N2O5Si. The van der Waals surface area contributed by atoms with Gasteiger partial charge in [-0.3, -0.25) is 14.5 Å². The van der Waals surface area contributed by atoms with Crippen LogP contribution in [0.1, 0.15) is 60.3 Å². The maximum atomic E-state index is 15.8. The molecule has 0 aromatic heterocycles. The number of amides is 2. The molecule has 2 heterocycles. The molecule has 2 aliphatic rings. The lowest BCUT2D eigenvalue weighted by atomic mass is 9.84. The summed E-state index contributed by atoms with van der Waals surface area (Å²) in [5.41, 5.74) is 2.70. The van der Waals surface area contributed by atoms with E-state index in [9.17, 15) is 4.79 Å². The van der Waals surface area contributed by atoms with E-state index >= 15 is 4.79 Å². The van der Waals surface area contributed by atoms with E-state index in [0.717, 1.165) is 28.2 Å². The highest BCUT2D eigenvalue weighted by Gasteiger charge is 2.59. The van der Waals surface area contributed by atoms with Gasteiger partial charge in [-0.05, 0) is 71.2 Å². The van der Waals surface area contributed by atoms with Gasteiger partial charge in [0.1, 0.15) is 17.0 Å². The molecule has 2 aliphatic heterocycles. The van der Waals surface area contributed by atoms with Crippen molar-refractivity contribution in [1.82, 2.24) is 4.90 Å². The number of carbonyl (C=O) groups is 2. The SMILES string of the molecule is COc1ccc(C(c2ccc(OC)cc2)N2C(=O)[C@@]3(Cc4ccccc4)C[C@@H](O[Si](C)(C)C(C)(C)C)CN3C(=O)c3ccccc32)cc1. The molecule has 2 atom stereocenters. The van der Waals surface area contributed by atoms with Crippen LogP contribution in [0, 0.1) is 0 Å². The minimum Gasteiger partial charge on any atom is -0.497 e. The summed E-state index contributed by atoms with van der Waals surface area (Å²) >= 11 is 0. The molecule has 7 nitrogen and oxygen atoms in total. The summed E-state index contributed by atoms with van der Waals surface area (Å²) < 4.78 is 18.0. The Hall–Kier alpha value is -4.40. The zero-order valence-electron chi connectivity index (χ0n) is 29.0. The van der Waals surface area contributed by atoms with Gasteiger partial charge in [-0.2, -0.15) is 0 Å². The van der Waals surface area contributed by atoms with E-state index in [1.54, 1.807) is 14.2 Å². The lowest BCUT2D eigenvalue weighted by Gasteiger charge is -2.41. The first kappa shape index (κ1) is 33.5. The third-order valence-electron chi connectivity index (χ3n) is 10.5. The number of methoxy groups -OCH3 is 2. The summed E-state index contributed by atoms with van der Waals surface area (Å²) in [6, 6.07) is 32.6. The second kappa shape index (κ2) is 12.9. The minimum atomic E-state index is -2.24. The number of carbonyl (C=O) groups excluding carboxylic acids is 2. The van der Waals surface area contributed by atoms with Crippen LogP contribution in [0.2, 0.25) is 18.1 Å². The summed E-state index contributed by atoms with van der Waals surface area (Å²) in [4.78, 5) is 34.4. The molecular weight excluding hydrogens is 617 g/mol. The number of hydrogen-bond acceptors (Lipinski definition) is 5. The van der Waals surface area contributed by atoms with Crippen LogP contribution in [0.15, 0.2) is 103 Å². The van der Waals surface area contributed by atoms with E-state index in [1.807, 2.05) is 113 Å². The van der Waals surface area contributed by atoms with Gasteiger partial charge in [-0.1, -0.05) is 87.5 Å². The maximum Gasteiger partial charge on any atom is 0.256 e. The van der Waals surface area contributed by atoms with Crippen molar-refractivity contribution in [3.63, 3.8) is 0 Å². The summed E-state index contributed by atoms with van der Waals surface area (Å²) in [7, 11) is 1.04. The number of nitrogens with zero attached hydrogens (tertiary/aromatic N) is 2. The largest absolute Gasteiger partial charge is 0.497 e. The topological polar surface area (TPSA) is 68.3 Å². The van der Waals surface area contributed by atoms with Crippen LogP contribution in [-0.4, -0.2) is 57.4 Å². The predicted molar refractivity (Wildman–Crippen MR) is 192 cm³/mol. The lowest BCUT2D eigenvalue weighted by molar-refractivity contribution is -0.128. The van der Waals surface area contributed by atoms with Crippen LogP contribution in [-0.2, 0) is 15.6 Å². The molecule has 0 bridgehead atoms. The Bertz CT molecular complexity index is 1720. The molecule has 0 saturated carbocycles. The highest BCUT2D eigenvalue weighted by Crippen LogP contribution is 2.48. The van der Waals surface area contributed by atoms with Crippen LogP contribution in [0.5, 0.6) is 11.5 Å². The van der Waals surface area contributed by atoms with Gasteiger partial charge < -0.3 is 18.8 Å². The number of anilines is 1. The predicted octanol–water partition coefficient (Wildman–Crippen LogP) is 8.06. The molecule has 48 heavy (non-hydrogen) atoms. The number of para-hydroxylation sites is 1. The Balaban J connectivity index is 1.57. The van der Waals surface area contributed by atoms with Crippen molar-refractivity contribution in [2.45, 2.75) is 69.4 Å². The highest BCUT2D eigenvalue weighted by atomic mass is 28.4. The molecule has 0 unspecified atom stereocenters. The zero-order valence-corrected chi connectivity index (χ0v) is 30.0. The normalized spacial score (nSPS) is 19.6. The van der Waals surface area contributed by atoms with Crippen LogP contribution < -0.4 is 14.4 Å². The van der Waals surface area contributed by atoms with Crippen molar-refractivity contribution in [3.05, 3.63) is 125 Å². The van der Waals surface area contributed by atoms with Crippen LogP contribution in [0.25, 0.3) is 0 Å². The van der Waals surface area contributed by atoms with E-state index in [4.69, 9.17) is 13.9 Å². The van der Waals surface area contributed by atoms with Gasteiger partial charge >= 0.3 is 0 Å². The first-order valence-electron chi connectivity index (χ1n) is 16.6. The second-order valence-electron chi connectivity index (χ2n) is 14.5. The van der Waals surface area contributed by atoms with E-state index < -0.39 is 19.9 Å². The average Bonchev–Trinajstić information content (AvgIpc) is 3.41. The quantitative estimate of drug-likeness (QED) is 0.170. The number of rotatable bonds is 9. The first-order valence-corrected chi connectivity index (χ1v) is 19.5. The number of hydrogen-bond donors (Lipinski definition) is 0. The third-order valence-corrected chi connectivity index (χ3v) is 15.0. The zero-order chi connectivity index (χ0) is 34.3. The Morgan fingerprint density at radius 3 is 1.88 bits per heavy atom. The molecule has 1 fully saturated rings. The monoisotopic (exact) mass is 662 g/mol. The molecule has 1 saturated heterocycles. The van der Waals surface area contributed by atoms with Crippen molar-refractivity contribution in [2.24, 2.45) is 0 Å². The summed E-state index contributed by atoms with van der Waals surface area (Å²) in [6.45, 7) is 11.5. The fraction of sp³-hybridized carbons (Fsp3) is 0.350. The minimum absolute atomic E-state index is 0.0277. The van der Waals surface area contributed by atoms with Crippen LogP contribution in [0.3, 0.4) is 0 Å². The van der Waals surface area contributed by atoms with Gasteiger partial charge in [0, 0.05) is 19.4 Å². The Kier molecular flexibility index (Phi) is 9.00. The van der Waals surface area contributed by atoms with E-state index in [1.165, 1.54) is 0 Å². The van der Waals surface area contributed by atoms with Gasteiger partial charge in [0.2, 0.25) is 0 Å². The van der Waals surface area contributed by atoms with Gasteiger partial charge in [-0.25, -0.2) is 0 Å². The molecule has 2 amide bonds. The lowest BCUT2D eigenvalue weighted by Crippen LogP contribution is -2.58. The van der Waals surface area contributed by atoms with Crippen molar-refractivity contribution >= 4 is 25.8 Å². The maximum absolute atomic E-state index is 15.8. The van der Waals surface area contributed by atoms with Crippen LogP contribution >= 0.6 is 0 Å². The fourth-order valence-corrected chi connectivity index (χ4v) is 8.27. The molecule has 8 heteroatoms. The summed E-state index contributed by atoms with van der Waals surface area (Å²) in [5.74, 6) is 1.17. The molecule has 6 rings (SSSR count). The molecule has 250 valence electrons. The molecule has 0 N–H and O–H groups in total. The Labute approximate surface area is 285 Å². The van der Waals surface area contributed by atoms with Crippen LogP contribution in [0.4, 0.5) is 5.69 Å². The van der Waals surface area contributed by atoms with Crippen molar-refractivity contribution < 1.29 is 23.5 Å². The number of benzene rings is 4. The number of ether oxygens (including phenoxy) is 2. The van der Waals surface area contributed by atoms with Gasteiger partial charge in [0.15, 0.2) is 8.32 Å². The van der Waals surface area contributed by atoms with E-state index in [0.29, 0.717) is 30.6 Å². The van der Waals surface area contributed by atoms with Crippen molar-refractivity contribution in [2.75, 3.05) is 25.7 Å². The Morgan fingerprint density at radius 2 is 1.33 bits per heavy atom. The smallest absolute Gasteiger partial charge is 0.256 e. The number of fused-ring (bicyclic) bond motifs is 2. The average molecular weight is 663 g/mol. The van der Waals surface area contributed by atoms with E-state index in [2.05, 4.69) is 33.9 Å². The fourth-order valence-electron chi connectivity index (χ4n) is 6.92. The molecule has 0 aliphatic carbocycles. The summed E-state index contributed by atoms with van der Waals surface area (Å²) in [5, 5.41) is -0.0277. The van der Waals surface area contributed by atoms with Crippen molar-refractivity contribution in [3.8, 4) is 11.5 Å². The van der Waals surface area contributed by atoms with Gasteiger partial charge in [0.25, 0.3) is 11.8 Å². The molecule has 0 radical (unpaired) electrons. The summed E-state index contributed by atoms with van der Waals surface area (Å²) in [6.07, 6.45) is 0.495. The first-order chi connectivity index (χ1) is 22.9.